The number of ketones is 1. The number of nitro groups is 1. The van der Waals surface area contributed by atoms with E-state index >= 15 is 0 Å². The molecule has 0 aliphatic rings. The molecule has 0 radical (unpaired) electrons. The predicted molar refractivity (Wildman–Crippen MR) is 47.8 cm³/mol. The molecule has 0 saturated heterocycles. The van der Waals surface area contributed by atoms with Crippen LogP contribution in [0, 0.1) is 22.9 Å². The van der Waals surface area contributed by atoms with E-state index in [4.69, 9.17) is 0 Å². The van der Waals surface area contributed by atoms with Crippen molar-refractivity contribution in [3.63, 3.8) is 0 Å². The van der Waals surface area contributed by atoms with E-state index in [0.29, 0.717) is 0 Å². The number of carbonyl (C=O) groups is 1. The van der Waals surface area contributed by atoms with Gasteiger partial charge in [0, 0.05) is 11.6 Å². The van der Waals surface area contributed by atoms with Crippen LogP contribution in [0.2, 0.25) is 0 Å². The van der Waals surface area contributed by atoms with Crippen molar-refractivity contribution in [2.75, 3.05) is 0 Å². The molecule has 0 fully saturated rings. The topological polar surface area (TPSA) is 60.2 Å². The largest absolute Gasteiger partial charge is 0.294 e. The van der Waals surface area contributed by atoms with E-state index in [1.54, 1.807) is 0 Å². The van der Waals surface area contributed by atoms with Crippen LogP contribution < -0.4 is 0 Å². The summed E-state index contributed by atoms with van der Waals surface area (Å²) >= 11 is 0. The van der Waals surface area contributed by atoms with Crippen molar-refractivity contribution in [1.29, 1.82) is 0 Å². The van der Waals surface area contributed by atoms with Crippen LogP contribution in [-0.4, -0.2) is 10.7 Å². The SMILES string of the molecule is CC(=O)c1c([N+](=O)[O-])ccc(F)c1C. The Morgan fingerprint density at radius 1 is 1.50 bits per heavy atom. The van der Waals surface area contributed by atoms with Crippen LogP contribution in [-0.2, 0) is 0 Å². The smallest absolute Gasteiger partial charge is 0.280 e. The Morgan fingerprint density at radius 3 is 2.50 bits per heavy atom. The Balaban J connectivity index is 3.53. The van der Waals surface area contributed by atoms with E-state index in [1.807, 2.05) is 0 Å². The van der Waals surface area contributed by atoms with E-state index in [1.165, 1.54) is 13.8 Å². The number of hydrogen-bond acceptors (Lipinski definition) is 3. The van der Waals surface area contributed by atoms with Crippen LogP contribution in [0.25, 0.3) is 0 Å². The molecule has 1 aromatic carbocycles. The molecule has 0 aromatic heterocycles. The Labute approximate surface area is 79.5 Å². The fraction of sp³-hybridized carbons (Fsp3) is 0.222. The van der Waals surface area contributed by atoms with Gasteiger partial charge < -0.3 is 0 Å². The van der Waals surface area contributed by atoms with Crippen LogP contribution in [0.1, 0.15) is 22.8 Å². The fourth-order valence-corrected chi connectivity index (χ4v) is 1.27. The summed E-state index contributed by atoms with van der Waals surface area (Å²) < 4.78 is 13.0. The minimum atomic E-state index is -0.691. The van der Waals surface area contributed by atoms with Gasteiger partial charge in [-0.3, -0.25) is 14.9 Å². The highest BCUT2D eigenvalue weighted by atomic mass is 19.1. The molecule has 0 unspecified atom stereocenters. The Kier molecular flexibility index (Phi) is 2.60. The molecule has 74 valence electrons. The van der Waals surface area contributed by atoms with Gasteiger partial charge in [-0.1, -0.05) is 0 Å². The second-order valence-electron chi connectivity index (χ2n) is 2.88. The van der Waals surface area contributed by atoms with Gasteiger partial charge in [-0.15, -0.1) is 0 Å². The van der Waals surface area contributed by atoms with Crippen LogP contribution in [0.15, 0.2) is 12.1 Å². The third kappa shape index (κ3) is 1.61. The van der Waals surface area contributed by atoms with Crippen molar-refractivity contribution in [2.24, 2.45) is 0 Å². The number of halogens is 1. The molecule has 0 atom stereocenters. The molecular weight excluding hydrogens is 189 g/mol. The Hall–Kier alpha value is -1.78. The summed E-state index contributed by atoms with van der Waals surface area (Å²) in [5.74, 6) is -1.12. The molecule has 0 heterocycles. The summed E-state index contributed by atoms with van der Waals surface area (Å²) in [6, 6.07) is 1.99. The number of benzene rings is 1. The van der Waals surface area contributed by atoms with Crippen LogP contribution in [0.5, 0.6) is 0 Å². The van der Waals surface area contributed by atoms with Crippen molar-refractivity contribution in [2.45, 2.75) is 13.8 Å². The lowest BCUT2D eigenvalue weighted by atomic mass is 10.0. The third-order valence-corrected chi connectivity index (χ3v) is 1.93. The van der Waals surface area contributed by atoms with E-state index in [-0.39, 0.29) is 16.8 Å². The number of rotatable bonds is 2. The molecule has 1 aromatic rings. The summed E-state index contributed by atoms with van der Waals surface area (Å²) in [6.07, 6.45) is 0. The van der Waals surface area contributed by atoms with Gasteiger partial charge in [-0.2, -0.15) is 0 Å². The maximum atomic E-state index is 13.0. The number of carbonyl (C=O) groups excluding carboxylic acids is 1. The van der Waals surface area contributed by atoms with E-state index in [0.717, 1.165) is 12.1 Å². The number of hydrogen-bond donors (Lipinski definition) is 0. The minimum Gasteiger partial charge on any atom is -0.294 e. The molecule has 4 nitrogen and oxygen atoms in total. The number of Topliss-reactive ketones (excluding diaryl/α,β-unsaturated/α-hetero) is 1. The number of nitro benzene ring substituents is 1. The lowest BCUT2D eigenvalue weighted by molar-refractivity contribution is -0.385. The predicted octanol–water partition coefficient (Wildman–Crippen LogP) is 2.24. The summed E-state index contributed by atoms with van der Waals surface area (Å²) in [5, 5.41) is 10.5. The van der Waals surface area contributed by atoms with Crippen molar-refractivity contribution >= 4 is 11.5 Å². The zero-order chi connectivity index (χ0) is 10.9. The first kappa shape index (κ1) is 10.3. The fourth-order valence-electron chi connectivity index (χ4n) is 1.27. The molecule has 0 N–H and O–H groups in total. The van der Waals surface area contributed by atoms with Gasteiger partial charge in [0.05, 0.1) is 4.92 Å². The quantitative estimate of drug-likeness (QED) is 0.415. The minimum absolute atomic E-state index is 0.0201. The van der Waals surface area contributed by atoms with Crippen LogP contribution in [0.3, 0.4) is 0 Å². The zero-order valence-corrected chi connectivity index (χ0v) is 7.70. The van der Waals surface area contributed by atoms with Crippen molar-refractivity contribution in [3.05, 3.63) is 39.2 Å². The highest BCUT2D eigenvalue weighted by Gasteiger charge is 2.21. The Morgan fingerprint density at radius 2 is 2.07 bits per heavy atom. The molecule has 0 bridgehead atoms. The zero-order valence-electron chi connectivity index (χ0n) is 7.70. The molecule has 14 heavy (non-hydrogen) atoms. The average molecular weight is 197 g/mol. The summed E-state index contributed by atoms with van der Waals surface area (Å²) in [5.41, 5.74) is -0.488. The molecular formula is C9H8FNO3. The second-order valence-corrected chi connectivity index (χ2v) is 2.88. The van der Waals surface area contributed by atoms with E-state index < -0.39 is 16.5 Å². The molecule has 0 saturated carbocycles. The standard InChI is InChI=1S/C9H8FNO3/c1-5-7(10)3-4-8(11(13)14)9(5)6(2)12/h3-4H,1-2H3. The van der Waals surface area contributed by atoms with Gasteiger partial charge in [0.15, 0.2) is 5.78 Å². The maximum absolute atomic E-state index is 13.0. The lowest BCUT2D eigenvalue weighted by Gasteiger charge is -2.03. The van der Waals surface area contributed by atoms with Gasteiger partial charge in [0.25, 0.3) is 5.69 Å². The normalized spacial score (nSPS) is 9.93. The average Bonchev–Trinajstić information content (AvgIpc) is 2.08. The van der Waals surface area contributed by atoms with Crippen molar-refractivity contribution in [3.8, 4) is 0 Å². The van der Waals surface area contributed by atoms with Gasteiger partial charge in [-0.05, 0) is 19.9 Å². The monoisotopic (exact) mass is 197 g/mol. The Bertz CT molecular complexity index is 415. The van der Waals surface area contributed by atoms with Gasteiger partial charge in [-0.25, -0.2) is 4.39 Å². The first-order valence-electron chi connectivity index (χ1n) is 3.89. The van der Waals surface area contributed by atoms with Crippen molar-refractivity contribution < 1.29 is 14.1 Å². The van der Waals surface area contributed by atoms with Crippen LogP contribution >= 0.6 is 0 Å². The molecule has 0 aliphatic carbocycles. The molecule has 5 heteroatoms. The third-order valence-electron chi connectivity index (χ3n) is 1.93. The van der Waals surface area contributed by atoms with Gasteiger partial charge in [0.2, 0.25) is 0 Å². The first-order chi connectivity index (χ1) is 6.45. The van der Waals surface area contributed by atoms with Crippen molar-refractivity contribution in [1.82, 2.24) is 0 Å². The second kappa shape index (κ2) is 3.53. The van der Waals surface area contributed by atoms with E-state index in [2.05, 4.69) is 0 Å². The molecule has 0 amide bonds. The first-order valence-corrected chi connectivity index (χ1v) is 3.89. The summed E-state index contributed by atoms with van der Waals surface area (Å²) in [7, 11) is 0. The molecule has 0 aliphatic heterocycles. The summed E-state index contributed by atoms with van der Waals surface area (Å²) in [4.78, 5) is 20.9. The lowest BCUT2D eigenvalue weighted by Crippen LogP contribution is -2.04. The van der Waals surface area contributed by atoms with E-state index in [9.17, 15) is 19.3 Å². The molecule has 0 spiro atoms. The van der Waals surface area contributed by atoms with Crippen LogP contribution in [0.4, 0.5) is 10.1 Å². The van der Waals surface area contributed by atoms with Gasteiger partial charge in [0.1, 0.15) is 11.4 Å². The van der Waals surface area contributed by atoms with Gasteiger partial charge >= 0.3 is 0 Å². The maximum Gasteiger partial charge on any atom is 0.280 e. The highest BCUT2D eigenvalue weighted by molar-refractivity contribution is 5.99. The molecule has 1 rings (SSSR count). The highest BCUT2D eigenvalue weighted by Crippen LogP contribution is 2.24. The summed E-state index contributed by atoms with van der Waals surface area (Å²) in [6.45, 7) is 2.52. The number of nitrogens with zero attached hydrogens (tertiary/aromatic N) is 1.